The fraction of sp³-hybridized carbons (Fsp3) is 0.300. The molecule has 130 valence electrons. The number of aryl methyl sites for hydroxylation is 2. The van der Waals surface area contributed by atoms with Crippen molar-refractivity contribution in [3.8, 4) is 0 Å². The topological polar surface area (TPSA) is 58.2 Å². The van der Waals surface area contributed by atoms with Gasteiger partial charge < -0.3 is 10.6 Å². The molecule has 1 saturated carbocycles. The van der Waals surface area contributed by atoms with Gasteiger partial charge in [0.2, 0.25) is 11.8 Å². The van der Waals surface area contributed by atoms with Crippen LogP contribution in [0.25, 0.3) is 0 Å². The van der Waals surface area contributed by atoms with Gasteiger partial charge in [-0.1, -0.05) is 35.9 Å². The van der Waals surface area contributed by atoms with Gasteiger partial charge in [-0.3, -0.25) is 9.59 Å². The molecule has 0 aromatic heterocycles. The van der Waals surface area contributed by atoms with Gasteiger partial charge in [0.25, 0.3) is 0 Å². The van der Waals surface area contributed by atoms with Gasteiger partial charge in [0.05, 0.1) is 0 Å². The van der Waals surface area contributed by atoms with E-state index in [1.165, 1.54) is 0 Å². The highest BCUT2D eigenvalue weighted by Crippen LogP contribution is 2.31. The lowest BCUT2D eigenvalue weighted by molar-refractivity contribution is -0.117. The predicted octanol–water partition coefficient (Wildman–Crippen LogP) is 4.57. The van der Waals surface area contributed by atoms with Crippen molar-refractivity contribution >= 4 is 34.8 Å². The van der Waals surface area contributed by atoms with Crippen molar-refractivity contribution in [2.75, 3.05) is 10.6 Å². The molecule has 2 aromatic rings. The second kappa shape index (κ2) is 7.70. The van der Waals surface area contributed by atoms with Gasteiger partial charge >= 0.3 is 0 Å². The third-order valence-corrected chi connectivity index (χ3v) is 4.68. The summed E-state index contributed by atoms with van der Waals surface area (Å²) >= 11 is 6.11. The molecule has 1 aliphatic carbocycles. The lowest BCUT2D eigenvalue weighted by Crippen LogP contribution is -2.15. The largest absolute Gasteiger partial charge is 0.326 e. The number of benzene rings is 2. The average Bonchev–Trinajstić information content (AvgIpc) is 3.42. The fourth-order valence-corrected chi connectivity index (χ4v) is 2.82. The Labute approximate surface area is 152 Å². The van der Waals surface area contributed by atoms with Crippen LogP contribution in [-0.2, 0) is 16.0 Å². The van der Waals surface area contributed by atoms with Crippen LogP contribution in [0.3, 0.4) is 0 Å². The van der Waals surface area contributed by atoms with E-state index in [0.29, 0.717) is 23.6 Å². The summed E-state index contributed by atoms with van der Waals surface area (Å²) in [6, 6.07) is 13.1. The minimum Gasteiger partial charge on any atom is -0.326 e. The van der Waals surface area contributed by atoms with Crippen molar-refractivity contribution in [3.05, 3.63) is 58.6 Å². The van der Waals surface area contributed by atoms with Crippen molar-refractivity contribution < 1.29 is 9.59 Å². The molecule has 0 heterocycles. The molecule has 5 heteroatoms. The van der Waals surface area contributed by atoms with Gasteiger partial charge in [-0.05, 0) is 55.5 Å². The quantitative estimate of drug-likeness (QED) is 0.796. The number of halogens is 1. The molecule has 2 aromatic carbocycles. The third kappa shape index (κ3) is 4.83. The zero-order valence-corrected chi connectivity index (χ0v) is 14.9. The minimum atomic E-state index is -0.0803. The fourth-order valence-electron chi connectivity index (χ4n) is 2.59. The van der Waals surface area contributed by atoms with Crippen LogP contribution in [-0.4, -0.2) is 11.8 Å². The average molecular weight is 357 g/mol. The highest BCUT2D eigenvalue weighted by molar-refractivity contribution is 6.31. The number of anilines is 2. The molecule has 25 heavy (non-hydrogen) atoms. The number of nitrogens with one attached hydrogen (secondary N) is 2. The number of hydrogen-bond donors (Lipinski definition) is 2. The summed E-state index contributed by atoms with van der Waals surface area (Å²) in [6.45, 7) is 1.94. The first-order chi connectivity index (χ1) is 12.0. The van der Waals surface area contributed by atoms with E-state index in [1.54, 1.807) is 0 Å². The predicted molar refractivity (Wildman–Crippen MR) is 101 cm³/mol. The molecular formula is C20H21ClN2O2. The van der Waals surface area contributed by atoms with E-state index in [-0.39, 0.29) is 17.7 Å². The molecule has 2 amide bonds. The van der Waals surface area contributed by atoms with E-state index in [9.17, 15) is 9.59 Å². The monoisotopic (exact) mass is 356 g/mol. The molecule has 1 fully saturated rings. The molecule has 0 atom stereocenters. The van der Waals surface area contributed by atoms with Crippen LogP contribution in [0.5, 0.6) is 0 Å². The van der Waals surface area contributed by atoms with E-state index in [0.717, 1.165) is 29.7 Å². The van der Waals surface area contributed by atoms with E-state index in [2.05, 4.69) is 10.6 Å². The molecular weight excluding hydrogens is 336 g/mol. The number of carbonyl (C=O) groups excluding carboxylic acids is 2. The van der Waals surface area contributed by atoms with Crippen molar-refractivity contribution in [2.24, 2.45) is 5.92 Å². The zero-order chi connectivity index (χ0) is 17.8. The van der Waals surface area contributed by atoms with Crippen LogP contribution >= 0.6 is 11.6 Å². The summed E-state index contributed by atoms with van der Waals surface area (Å²) in [4.78, 5) is 24.1. The summed E-state index contributed by atoms with van der Waals surface area (Å²) in [6.07, 6.45) is 2.86. The maximum atomic E-state index is 12.2. The maximum absolute atomic E-state index is 12.2. The van der Waals surface area contributed by atoms with Gasteiger partial charge in [0.15, 0.2) is 0 Å². The summed E-state index contributed by atoms with van der Waals surface area (Å²) in [5.74, 6) is 0.127. The number of hydrogen-bond acceptors (Lipinski definition) is 2. The third-order valence-electron chi connectivity index (χ3n) is 4.31. The Morgan fingerprint density at radius 2 is 1.88 bits per heavy atom. The van der Waals surface area contributed by atoms with Crippen molar-refractivity contribution in [2.45, 2.75) is 32.6 Å². The van der Waals surface area contributed by atoms with E-state index >= 15 is 0 Å². The van der Waals surface area contributed by atoms with Gasteiger partial charge in [-0.15, -0.1) is 0 Å². The van der Waals surface area contributed by atoms with Crippen molar-refractivity contribution in [1.29, 1.82) is 0 Å². The smallest absolute Gasteiger partial charge is 0.227 e. The first-order valence-corrected chi connectivity index (χ1v) is 8.85. The van der Waals surface area contributed by atoms with Crippen molar-refractivity contribution in [1.82, 2.24) is 0 Å². The van der Waals surface area contributed by atoms with Gasteiger partial charge in [-0.25, -0.2) is 0 Å². The summed E-state index contributed by atoms with van der Waals surface area (Å²) in [7, 11) is 0. The molecule has 0 radical (unpaired) electrons. The summed E-state index contributed by atoms with van der Waals surface area (Å²) < 4.78 is 0. The van der Waals surface area contributed by atoms with Crippen molar-refractivity contribution in [3.63, 3.8) is 0 Å². The van der Waals surface area contributed by atoms with Crippen LogP contribution in [0.15, 0.2) is 42.5 Å². The molecule has 2 N–H and O–H groups in total. The highest BCUT2D eigenvalue weighted by atomic mass is 35.5. The SMILES string of the molecule is Cc1ccc(NC(=O)CCc2ccccc2Cl)cc1NC(=O)C1CC1. The van der Waals surface area contributed by atoms with Gasteiger partial charge in [0.1, 0.15) is 0 Å². The maximum Gasteiger partial charge on any atom is 0.227 e. The Morgan fingerprint density at radius 1 is 1.12 bits per heavy atom. The summed E-state index contributed by atoms with van der Waals surface area (Å²) in [5, 5.41) is 6.50. The number of rotatable bonds is 6. The normalized spacial score (nSPS) is 13.4. The Hall–Kier alpha value is -2.33. The molecule has 0 saturated heterocycles. The Balaban J connectivity index is 1.59. The van der Waals surface area contributed by atoms with Crippen LogP contribution in [0.1, 0.15) is 30.4 Å². The number of carbonyl (C=O) groups is 2. The highest BCUT2D eigenvalue weighted by Gasteiger charge is 2.29. The zero-order valence-electron chi connectivity index (χ0n) is 14.1. The van der Waals surface area contributed by atoms with E-state index in [4.69, 9.17) is 11.6 Å². The van der Waals surface area contributed by atoms with Crippen LogP contribution in [0.4, 0.5) is 11.4 Å². The Kier molecular flexibility index (Phi) is 5.39. The molecule has 0 aliphatic heterocycles. The minimum absolute atomic E-state index is 0.0605. The molecule has 1 aliphatic rings. The molecule has 0 bridgehead atoms. The molecule has 3 rings (SSSR count). The Morgan fingerprint density at radius 3 is 2.60 bits per heavy atom. The van der Waals surface area contributed by atoms with Crippen LogP contribution in [0.2, 0.25) is 5.02 Å². The van der Waals surface area contributed by atoms with Gasteiger partial charge in [-0.2, -0.15) is 0 Å². The van der Waals surface area contributed by atoms with E-state index < -0.39 is 0 Å². The van der Waals surface area contributed by atoms with E-state index in [1.807, 2.05) is 49.4 Å². The second-order valence-corrected chi connectivity index (χ2v) is 6.84. The lowest BCUT2D eigenvalue weighted by Gasteiger charge is -2.11. The van der Waals surface area contributed by atoms with Crippen LogP contribution in [0, 0.1) is 12.8 Å². The number of amides is 2. The van der Waals surface area contributed by atoms with Crippen LogP contribution < -0.4 is 10.6 Å². The molecule has 0 spiro atoms. The van der Waals surface area contributed by atoms with Gasteiger partial charge in [0, 0.05) is 28.7 Å². The standard InChI is InChI=1S/C20H21ClN2O2/c1-13-6-10-16(12-18(13)23-20(25)15-7-8-15)22-19(24)11-9-14-4-2-3-5-17(14)21/h2-6,10,12,15H,7-9,11H2,1H3,(H,22,24)(H,23,25). The molecule has 4 nitrogen and oxygen atoms in total. The first-order valence-electron chi connectivity index (χ1n) is 8.47. The second-order valence-electron chi connectivity index (χ2n) is 6.43. The molecule has 0 unspecified atom stereocenters. The first kappa shape index (κ1) is 17.5. The summed E-state index contributed by atoms with van der Waals surface area (Å²) in [5.41, 5.74) is 3.37. The Bertz CT molecular complexity index is 800. The lowest BCUT2D eigenvalue weighted by atomic mass is 10.1.